The number of benzene rings is 1. The number of hydroxylamine groups is 1. The molecule has 10 heteroatoms. The van der Waals surface area contributed by atoms with Gasteiger partial charge in [-0.25, -0.2) is 9.87 Å². The summed E-state index contributed by atoms with van der Waals surface area (Å²) in [6.45, 7) is -0.459. The zero-order valence-electron chi connectivity index (χ0n) is 14.0. The Kier molecular flexibility index (Phi) is 7.05. The number of halogens is 2. The number of hydrogen-bond donors (Lipinski definition) is 5. The summed E-state index contributed by atoms with van der Waals surface area (Å²) in [5.74, 6) is -2.19. The van der Waals surface area contributed by atoms with Crippen molar-refractivity contribution in [1.29, 1.82) is 0 Å². The molecule has 1 aromatic heterocycles. The maximum absolute atomic E-state index is 13.1. The lowest BCUT2D eigenvalue weighted by Gasteiger charge is -2.12. The highest BCUT2D eigenvalue weighted by atomic mass is 35.5. The number of aliphatic hydroxyl groups excluding tert-OH is 1. The Morgan fingerprint density at radius 1 is 1.22 bits per heavy atom. The minimum absolute atomic E-state index is 0.0456. The number of hydrogen-bond acceptors (Lipinski definition) is 6. The number of carbonyl (C=O) groups excluding carboxylic acids is 2. The van der Waals surface area contributed by atoms with E-state index in [4.69, 9.17) is 16.8 Å². The number of aliphatic hydroxyl groups is 1. The third kappa shape index (κ3) is 5.36. The molecule has 0 saturated heterocycles. The number of pyridine rings is 1. The first-order valence-electron chi connectivity index (χ1n) is 7.78. The van der Waals surface area contributed by atoms with Gasteiger partial charge < -0.3 is 15.5 Å². The lowest BCUT2D eigenvalue weighted by atomic mass is 10.0. The van der Waals surface area contributed by atoms with Gasteiger partial charge in [-0.1, -0.05) is 17.7 Å². The summed E-state index contributed by atoms with van der Waals surface area (Å²) in [5.41, 5.74) is 2.31. The molecule has 0 aliphatic rings. The van der Waals surface area contributed by atoms with Gasteiger partial charge in [0.2, 0.25) is 11.8 Å². The van der Waals surface area contributed by atoms with Crippen LogP contribution >= 0.6 is 11.6 Å². The fourth-order valence-electron chi connectivity index (χ4n) is 2.36. The van der Waals surface area contributed by atoms with Crippen LogP contribution in [-0.2, 0) is 35.6 Å². The zero-order chi connectivity index (χ0) is 20.0. The number of nitrogens with zero attached hydrogens (tertiary/aromatic N) is 1. The summed E-state index contributed by atoms with van der Waals surface area (Å²) < 4.78 is 13.1. The van der Waals surface area contributed by atoms with Crippen LogP contribution in [0.1, 0.15) is 22.4 Å². The van der Waals surface area contributed by atoms with Crippen LogP contribution in [0.2, 0.25) is 5.02 Å². The number of aromatic nitrogens is 1. The molecule has 0 bridgehead atoms. The molecule has 0 spiro atoms. The van der Waals surface area contributed by atoms with E-state index < -0.39 is 36.4 Å². The summed E-state index contributed by atoms with van der Waals surface area (Å²) in [5, 5.41) is 30.7. The molecular formula is C17H17ClFN3O5. The predicted molar refractivity (Wildman–Crippen MR) is 92.4 cm³/mol. The van der Waals surface area contributed by atoms with Crippen molar-refractivity contribution in [3.63, 3.8) is 0 Å². The lowest BCUT2D eigenvalue weighted by molar-refractivity contribution is -0.128. The molecule has 0 atom stereocenters. The average Bonchev–Trinajstić information content (AvgIpc) is 2.65. The first-order valence-corrected chi connectivity index (χ1v) is 8.16. The van der Waals surface area contributed by atoms with Crippen molar-refractivity contribution in [3.8, 4) is 5.75 Å². The third-order valence-corrected chi connectivity index (χ3v) is 4.05. The van der Waals surface area contributed by atoms with Gasteiger partial charge in [-0.05, 0) is 23.3 Å². The number of nitrogens with one attached hydrogen (secondary N) is 2. The monoisotopic (exact) mass is 397 g/mol. The van der Waals surface area contributed by atoms with Gasteiger partial charge in [-0.2, -0.15) is 0 Å². The molecule has 2 amide bonds. The van der Waals surface area contributed by atoms with E-state index in [1.165, 1.54) is 29.9 Å². The van der Waals surface area contributed by atoms with E-state index in [1.807, 2.05) is 0 Å². The molecule has 8 nitrogen and oxygen atoms in total. The van der Waals surface area contributed by atoms with Gasteiger partial charge >= 0.3 is 0 Å². The topological polar surface area (TPSA) is 132 Å². The summed E-state index contributed by atoms with van der Waals surface area (Å²) in [4.78, 5) is 27.2. The average molecular weight is 398 g/mol. The van der Waals surface area contributed by atoms with E-state index in [0.717, 1.165) is 0 Å². The van der Waals surface area contributed by atoms with Crippen LogP contribution in [0, 0.1) is 5.82 Å². The third-order valence-electron chi connectivity index (χ3n) is 3.76. The fraction of sp³-hybridized carbons (Fsp3) is 0.235. The quantitative estimate of drug-likeness (QED) is 0.349. The van der Waals surface area contributed by atoms with E-state index in [0.29, 0.717) is 5.56 Å². The van der Waals surface area contributed by atoms with Crippen molar-refractivity contribution in [2.75, 3.05) is 0 Å². The second kappa shape index (κ2) is 9.26. The standard InChI is InChI=1S/C17H17ClFN3O5/c18-12-3-9(1-2-13(12)19)6-21-15(24)4-10-7-20-14(5-16(25)22-27)17(26)11(10)8-23/h1-3,7,23,26-27H,4-6,8H2,(H,21,24)(H,22,25). The Morgan fingerprint density at radius 2 is 1.96 bits per heavy atom. The molecule has 5 N–H and O–H groups in total. The number of carbonyl (C=O) groups is 2. The molecule has 0 radical (unpaired) electrons. The molecule has 2 rings (SSSR count). The molecule has 1 aromatic carbocycles. The Bertz CT molecular complexity index is 863. The van der Waals surface area contributed by atoms with Crippen molar-refractivity contribution >= 4 is 23.4 Å². The number of aromatic hydroxyl groups is 1. The first-order chi connectivity index (χ1) is 12.8. The van der Waals surface area contributed by atoms with Gasteiger partial charge in [0.1, 0.15) is 11.6 Å². The predicted octanol–water partition coefficient (Wildman–Crippen LogP) is 0.979. The van der Waals surface area contributed by atoms with Gasteiger partial charge in [-0.3, -0.25) is 19.8 Å². The lowest BCUT2D eigenvalue weighted by Crippen LogP contribution is -2.25. The maximum Gasteiger partial charge on any atom is 0.249 e. The van der Waals surface area contributed by atoms with Gasteiger partial charge in [0.15, 0.2) is 0 Å². The van der Waals surface area contributed by atoms with Crippen molar-refractivity contribution in [3.05, 3.63) is 57.6 Å². The van der Waals surface area contributed by atoms with Crippen LogP contribution in [0.25, 0.3) is 0 Å². The molecule has 2 aromatic rings. The van der Waals surface area contributed by atoms with Gasteiger partial charge in [0.05, 0.1) is 30.2 Å². The van der Waals surface area contributed by atoms with Crippen LogP contribution in [0.3, 0.4) is 0 Å². The minimum atomic E-state index is -0.787. The van der Waals surface area contributed by atoms with E-state index in [9.17, 15) is 24.2 Å². The molecule has 0 unspecified atom stereocenters. The van der Waals surface area contributed by atoms with Crippen LogP contribution < -0.4 is 10.8 Å². The molecule has 0 aliphatic carbocycles. The Labute approximate surface area is 158 Å². The molecular weight excluding hydrogens is 381 g/mol. The molecule has 0 saturated carbocycles. The molecule has 27 heavy (non-hydrogen) atoms. The Morgan fingerprint density at radius 3 is 2.59 bits per heavy atom. The normalized spacial score (nSPS) is 10.5. The number of rotatable bonds is 7. The maximum atomic E-state index is 13.1. The van der Waals surface area contributed by atoms with Crippen LogP contribution in [0.5, 0.6) is 5.75 Å². The van der Waals surface area contributed by atoms with Crippen molar-refractivity contribution in [1.82, 2.24) is 15.8 Å². The second-order valence-electron chi connectivity index (χ2n) is 5.63. The molecule has 0 fully saturated rings. The van der Waals surface area contributed by atoms with Gasteiger partial charge in [0.25, 0.3) is 0 Å². The highest BCUT2D eigenvalue weighted by molar-refractivity contribution is 6.30. The fourth-order valence-corrected chi connectivity index (χ4v) is 2.56. The van der Waals surface area contributed by atoms with E-state index in [2.05, 4.69) is 10.3 Å². The highest BCUT2D eigenvalue weighted by Crippen LogP contribution is 2.25. The first kappa shape index (κ1) is 20.6. The second-order valence-corrected chi connectivity index (χ2v) is 6.04. The van der Waals surface area contributed by atoms with Crippen molar-refractivity contribution in [2.45, 2.75) is 26.0 Å². The molecule has 1 heterocycles. The van der Waals surface area contributed by atoms with Crippen molar-refractivity contribution < 1.29 is 29.4 Å². The van der Waals surface area contributed by atoms with Crippen molar-refractivity contribution in [2.24, 2.45) is 0 Å². The summed E-state index contributed by atoms with van der Waals surface area (Å²) in [7, 11) is 0. The van der Waals surface area contributed by atoms with E-state index >= 15 is 0 Å². The smallest absolute Gasteiger partial charge is 0.249 e. The zero-order valence-corrected chi connectivity index (χ0v) is 14.8. The molecule has 0 aliphatic heterocycles. The van der Waals surface area contributed by atoms with Gasteiger partial charge in [-0.15, -0.1) is 0 Å². The summed E-state index contributed by atoms with van der Waals surface area (Å²) in [6.07, 6.45) is 0.685. The Balaban J connectivity index is 2.06. The molecule has 144 valence electrons. The highest BCUT2D eigenvalue weighted by Gasteiger charge is 2.17. The largest absolute Gasteiger partial charge is 0.506 e. The SMILES string of the molecule is O=C(Cc1ncc(CC(=O)NCc2ccc(F)c(Cl)c2)c(CO)c1O)NO. The van der Waals surface area contributed by atoms with Crippen LogP contribution in [0.15, 0.2) is 24.4 Å². The summed E-state index contributed by atoms with van der Waals surface area (Å²) in [6, 6.07) is 4.07. The van der Waals surface area contributed by atoms with E-state index in [1.54, 1.807) is 0 Å². The Hall–Kier alpha value is -2.75. The minimum Gasteiger partial charge on any atom is -0.506 e. The van der Waals surface area contributed by atoms with Gasteiger partial charge in [0, 0.05) is 18.3 Å². The van der Waals surface area contributed by atoms with Crippen LogP contribution in [0.4, 0.5) is 4.39 Å². The van der Waals surface area contributed by atoms with E-state index in [-0.39, 0.29) is 34.8 Å². The number of amides is 2. The summed E-state index contributed by atoms with van der Waals surface area (Å²) >= 11 is 5.68. The van der Waals surface area contributed by atoms with Crippen LogP contribution in [-0.4, -0.2) is 32.2 Å².